The molecule has 3 aromatic rings. The number of carbonyl (C=O) groups is 1. The number of fused-ring (bicyclic) bond motifs is 1. The summed E-state index contributed by atoms with van der Waals surface area (Å²) in [6.45, 7) is 1.92. The number of methoxy groups -OCH3 is 2. The summed E-state index contributed by atoms with van der Waals surface area (Å²) in [5, 5.41) is 0.709. The lowest BCUT2D eigenvalue weighted by Gasteiger charge is -2.39. The van der Waals surface area contributed by atoms with E-state index in [-0.39, 0.29) is 11.9 Å². The van der Waals surface area contributed by atoms with Crippen LogP contribution in [-0.4, -0.2) is 78.2 Å². The normalized spacial score (nSPS) is 13.7. The van der Waals surface area contributed by atoms with Crippen LogP contribution in [0.4, 0.5) is 5.82 Å². The number of aromatic nitrogens is 3. The third-order valence-electron chi connectivity index (χ3n) is 5.63. The van der Waals surface area contributed by atoms with E-state index in [1.165, 1.54) is 6.33 Å². The van der Waals surface area contributed by atoms with E-state index < -0.39 is 0 Å². The van der Waals surface area contributed by atoms with Gasteiger partial charge >= 0.3 is 0 Å². The van der Waals surface area contributed by atoms with E-state index in [1.54, 1.807) is 31.3 Å². The van der Waals surface area contributed by atoms with Crippen molar-refractivity contribution in [2.45, 2.75) is 6.04 Å². The SMILES string of the molecule is COc1cc(C#Cc2cn(C3CN(C(=O)/C=C/CN(C)C)C3)c3ncnc(N)c23)cc(OC)c1. The number of amides is 1. The molecule has 2 aromatic heterocycles. The fraction of sp³-hybridized carbons (Fsp3) is 0.320. The first-order chi connectivity index (χ1) is 16.4. The van der Waals surface area contributed by atoms with Crippen LogP contribution in [0.1, 0.15) is 17.2 Å². The number of nitrogen functional groups attached to an aromatic ring is 1. The minimum Gasteiger partial charge on any atom is -0.497 e. The predicted molar refractivity (Wildman–Crippen MR) is 131 cm³/mol. The summed E-state index contributed by atoms with van der Waals surface area (Å²) < 4.78 is 12.7. The molecule has 1 saturated heterocycles. The molecule has 9 nitrogen and oxygen atoms in total. The van der Waals surface area contributed by atoms with E-state index >= 15 is 0 Å². The highest BCUT2D eigenvalue weighted by atomic mass is 16.5. The first-order valence-corrected chi connectivity index (χ1v) is 10.9. The Hall–Kier alpha value is -4.03. The van der Waals surface area contributed by atoms with E-state index in [4.69, 9.17) is 15.2 Å². The van der Waals surface area contributed by atoms with Crippen LogP contribution in [0.2, 0.25) is 0 Å². The number of rotatable bonds is 6. The third-order valence-corrected chi connectivity index (χ3v) is 5.63. The van der Waals surface area contributed by atoms with Crippen molar-refractivity contribution in [1.82, 2.24) is 24.3 Å². The van der Waals surface area contributed by atoms with E-state index in [9.17, 15) is 4.79 Å². The van der Waals surface area contributed by atoms with Gasteiger partial charge in [-0.25, -0.2) is 9.97 Å². The van der Waals surface area contributed by atoms with Gasteiger partial charge in [-0.05, 0) is 26.2 Å². The number of hydrogen-bond donors (Lipinski definition) is 1. The molecule has 0 bridgehead atoms. The Balaban J connectivity index is 1.60. The van der Waals surface area contributed by atoms with Crippen LogP contribution in [0.5, 0.6) is 11.5 Å². The zero-order valence-electron chi connectivity index (χ0n) is 19.8. The lowest BCUT2D eigenvalue weighted by molar-refractivity contribution is -0.131. The van der Waals surface area contributed by atoms with Crippen LogP contribution < -0.4 is 15.2 Å². The van der Waals surface area contributed by atoms with Crippen molar-refractivity contribution in [3.8, 4) is 23.3 Å². The summed E-state index contributed by atoms with van der Waals surface area (Å²) in [4.78, 5) is 24.8. The molecule has 1 aliphatic heterocycles. The second-order valence-electron chi connectivity index (χ2n) is 8.32. The monoisotopic (exact) mass is 460 g/mol. The molecule has 0 aliphatic carbocycles. The van der Waals surface area contributed by atoms with Gasteiger partial charge in [-0.1, -0.05) is 17.9 Å². The second kappa shape index (κ2) is 9.85. The van der Waals surface area contributed by atoms with Gasteiger partial charge in [-0.2, -0.15) is 0 Å². The number of likely N-dealkylation sites (tertiary alicyclic amines) is 1. The average Bonchev–Trinajstić information content (AvgIpc) is 3.15. The Morgan fingerprint density at radius 3 is 2.53 bits per heavy atom. The van der Waals surface area contributed by atoms with E-state index in [0.29, 0.717) is 41.4 Å². The molecule has 3 heterocycles. The molecular weight excluding hydrogens is 432 g/mol. The fourth-order valence-electron chi connectivity index (χ4n) is 3.78. The lowest BCUT2D eigenvalue weighted by Crippen LogP contribution is -2.50. The van der Waals surface area contributed by atoms with Crippen molar-refractivity contribution >= 4 is 22.8 Å². The van der Waals surface area contributed by atoms with E-state index in [2.05, 4.69) is 21.8 Å². The minimum absolute atomic E-state index is 0.00990. The molecule has 1 aliphatic rings. The molecule has 0 spiro atoms. The summed E-state index contributed by atoms with van der Waals surface area (Å²) in [6.07, 6.45) is 6.89. The van der Waals surface area contributed by atoms with Crippen molar-refractivity contribution in [1.29, 1.82) is 0 Å². The highest BCUT2D eigenvalue weighted by Gasteiger charge is 2.32. The van der Waals surface area contributed by atoms with Crippen molar-refractivity contribution in [2.75, 3.05) is 53.7 Å². The zero-order valence-corrected chi connectivity index (χ0v) is 19.8. The second-order valence-corrected chi connectivity index (χ2v) is 8.32. The number of benzene rings is 1. The Morgan fingerprint density at radius 1 is 1.18 bits per heavy atom. The molecule has 0 radical (unpaired) electrons. The maximum absolute atomic E-state index is 12.4. The van der Waals surface area contributed by atoms with Crippen LogP contribution in [-0.2, 0) is 4.79 Å². The molecule has 0 saturated carbocycles. The topological polar surface area (TPSA) is 98.7 Å². The Kier molecular flexibility index (Phi) is 6.70. The Bertz CT molecular complexity index is 1270. The maximum atomic E-state index is 12.4. The highest BCUT2D eigenvalue weighted by molar-refractivity contribution is 5.93. The molecular formula is C25H28N6O3. The van der Waals surface area contributed by atoms with Gasteiger partial charge in [0.2, 0.25) is 5.91 Å². The molecule has 0 atom stereocenters. The molecule has 9 heteroatoms. The summed E-state index contributed by atoms with van der Waals surface area (Å²) in [7, 11) is 7.12. The van der Waals surface area contributed by atoms with Gasteiger partial charge in [-0.3, -0.25) is 4.79 Å². The predicted octanol–water partition coefficient (Wildman–Crippen LogP) is 1.93. The molecule has 34 heavy (non-hydrogen) atoms. The molecule has 0 unspecified atom stereocenters. The number of carbonyl (C=O) groups excluding carboxylic acids is 1. The lowest BCUT2D eigenvalue weighted by atomic mass is 10.1. The van der Waals surface area contributed by atoms with Gasteiger partial charge in [-0.15, -0.1) is 0 Å². The first kappa shape index (κ1) is 23.1. The number of ether oxygens (including phenoxy) is 2. The van der Waals surface area contributed by atoms with E-state index in [1.807, 2.05) is 48.0 Å². The van der Waals surface area contributed by atoms with Crippen molar-refractivity contribution in [3.63, 3.8) is 0 Å². The van der Waals surface area contributed by atoms with Crippen LogP contribution >= 0.6 is 0 Å². The smallest absolute Gasteiger partial charge is 0.246 e. The standard InChI is InChI=1S/C25H28N6O3/c1-29(2)9-5-6-22(32)30-14-19(15-30)31-13-18(23-24(26)27-16-28-25(23)31)8-7-17-10-20(33-3)12-21(11-17)34-4/h5-6,10-13,16,19H,9,14-15H2,1-4H3,(H2,26,27,28)/b6-5+. The van der Waals surface area contributed by atoms with Gasteiger partial charge < -0.3 is 29.6 Å². The summed E-state index contributed by atoms with van der Waals surface area (Å²) in [5.74, 6) is 8.07. The average molecular weight is 461 g/mol. The van der Waals surface area contributed by atoms with Crippen LogP contribution in [0.15, 0.2) is 42.9 Å². The molecule has 1 fully saturated rings. The highest BCUT2D eigenvalue weighted by Crippen LogP contribution is 2.30. The van der Waals surface area contributed by atoms with E-state index in [0.717, 1.165) is 17.7 Å². The Labute approximate surface area is 198 Å². The van der Waals surface area contributed by atoms with Crippen molar-refractivity contribution in [2.24, 2.45) is 0 Å². The van der Waals surface area contributed by atoms with Gasteiger partial charge in [0.05, 0.1) is 31.2 Å². The molecule has 2 N–H and O–H groups in total. The van der Waals surface area contributed by atoms with Crippen molar-refractivity contribution in [3.05, 3.63) is 54.0 Å². The largest absolute Gasteiger partial charge is 0.497 e. The summed E-state index contributed by atoms with van der Waals surface area (Å²) in [5.41, 5.74) is 8.38. The van der Waals surface area contributed by atoms with Crippen molar-refractivity contribution < 1.29 is 14.3 Å². The number of hydrogen-bond acceptors (Lipinski definition) is 7. The quantitative estimate of drug-likeness (QED) is 0.443. The Morgan fingerprint density at radius 2 is 1.88 bits per heavy atom. The van der Waals surface area contributed by atoms with Gasteiger partial charge in [0.15, 0.2) is 0 Å². The number of nitrogens with zero attached hydrogens (tertiary/aromatic N) is 5. The molecule has 1 aromatic carbocycles. The minimum atomic E-state index is 0.00990. The first-order valence-electron chi connectivity index (χ1n) is 10.9. The number of nitrogens with two attached hydrogens (primary N) is 1. The molecule has 176 valence electrons. The van der Waals surface area contributed by atoms with Gasteiger partial charge in [0, 0.05) is 43.5 Å². The van der Waals surface area contributed by atoms with Gasteiger partial charge in [0.25, 0.3) is 0 Å². The summed E-state index contributed by atoms with van der Waals surface area (Å²) >= 11 is 0. The maximum Gasteiger partial charge on any atom is 0.246 e. The van der Waals surface area contributed by atoms with Crippen LogP contribution in [0, 0.1) is 11.8 Å². The molecule has 1 amide bonds. The number of anilines is 1. The van der Waals surface area contributed by atoms with Crippen LogP contribution in [0.3, 0.4) is 0 Å². The fourth-order valence-corrected chi connectivity index (χ4v) is 3.78. The number of likely N-dealkylation sites (N-methyl/N-ethyl adjacent to an activating group) is 1. The summed E-state index contributed by atoms with van der Waals surface area (Å²) in [6, 6.07) is 5.57. The third kappa shape index (κ3) is 4.82. The molecule has 4 rings (SSSR count). The van der Waals surface area contributed by atoms with Crippen LogP contribution in [0.25, 0.3) is 11.0 Å². The zero-order chi connectivity index (χ0) is 24.2. The van der Waals surface area contributed by atoms with Gasteiger partial charge in [0.1, 0.15) is 29.3 Å².